The van der Waals surface area contributed by atoms with E-state index in [1.807, 2.05) is 0 Å². The van der Waals surface area contributed by atoms with Crippen LogP contribution in [0.1, 0.15) is 5.56 Å². The van der Waals surface area contributed by atoms with Crippen molar-refractivity contribution in [2.45, 2.75) is 11.4 Å². The molecule has 0 N–H and O–H groups in total. The number of hydrogen-bond acceptors (Lipinski definition) is 4. The Kier molecular flexibility index (Phi) is 4.50. The fourth-order valence-corrected chi connectivity index (χ4v) is 3.02. The highest BCUT2D eigenvalue weighted by atomic mass is 35.7. The lowest BCUT2D eigenvalue weighted by molar-refractivity contribution is 0.0341. The van der Waals surface area contributed by atoms with E-state index in [0.29, 0.717) is 24.8 Å². The van der Waals surface area contributed by atoms with E-state index < -0.39 is 9.05 Å². The molecule has 1 aliphatic rings. The van der Waals surface area contributed by atoms with Crippen LogP contribution >= 0.6 is 22.3 Å². The summed E-state index contributed by atoms with van der Waals surface area (Å²) in [6.07, 6.45) is 0. The quantitative estimate of drug-likeness (QED) is 0.802. The van der Waals surface area contributed by atoms with Gasteiger partial charge >= 0.3 is 0 Å². The van der Waals surface area contributed by atoms with Crippen molar-refractivity contribution < 1.29 is 13.2 Å². The van der Waals surface area contributed by atoms with E-state index in [1.165, 1.54) is 6.07 Å². The minimum Gasteiger partial charge on any atom is -0.379 e. The van der Waals surface area contributed by atoms with Crippen molar-refractivity contribution in [3.05, 3.63) is 28.8 Å². The van der Waals surface area contributed by atoms with Gasteiger partial charge in [-0.2, -0.15) is 0 Å². The van der Waals surface area contributed by atoms with Crippen LogP contribution in [0.5, 0.6) is 0 Å². The summed E-state index contributed by atoms with van der Waals surface area (Å²) >= 11 is 5.91. The van der Waals surface area contributed by atoms with E-state index in [0.717, 1.165) is 18.7 Å². The number of benzene rings is 1. The standard InChI is InChI=1S/C11H13Cl2NO3S/c12-10-5-9(6-11(7-10)18(13,15)16)8-14-1-3-17-4-2-14/h5-7H,1-4,8H2. The number of rotatable bonds is 3. The first-order valence-electron chi connectivity index (χ1n) is 5.49. The van der Waals surface area contributed by atoms with Crippen molar-refractivity contribution in [1.29, 1.82) is 0 Å². The molecule has 0 aliphatic carbocycles. The van der Waals surface area contributed by atoms with Crippen LogP contribution in [0.25, 0.3) is 0 Å². The lowest BCUT2D eigenvalue weighted by Gasteiger charge is -2.26. The molecule has 1 aromatic carbocycles. The minimum absolute atomic E-state index is 0.0416. The van der Waals surface area contributed by atoms with Gasteiger partial charge in [0.25, 0.3) is 9.05 Å². The maximum Gasteiger partial charge on any atom is 0.261 e. The molecule has 0 atom stereocenters. The second-order valence-electron chi connectivity index (χ2n) is 4.12. The van der Waals surface area contributed by atoms with Crippen LogP contribution in [-0.4, -0.2) is 39.6 Å². The van der Waals surface area contributed by atoms with E-state index in [2.05, 4.69) is 4.90 Å². The lowest BCUT2D eigenvalue weighted by atomic mass is 10.2. The van der Waals surface area contributed by atoms with Crippen LogP contribution < -0.4 is 0 Å². The molecule has 100 valence electrons. The van der Waals surface area contributed by atoms with Crippen LogP contribution in [-0.2, 0) is 20.3 Å². The number of halogens is 2. The number of morpholine rings is 1. The van der Waals surface area contributed by atoms with Gasteiger partial charge in [-0.1, -0.05) is 11.6 Å². The molecule has 7 heteroatoms. The van der Waals surface area contributed by atoms with Crippen LogP contribution in [0.15, 0.2) is 23.1 Å². The van der Waals surface area contributed by atoms with Crippen molar-refractivity contribution in [2.24, 2.45) is 0 Å². The fraction of sp³-hybridized carbons (Fsp3) is 0.455. The molecule has 18 heavy (non-hydrogen) atoms. The predicted molar refractivity (Wildman–Crippen MR) is 70.6 cm³/mol. The zero-order valence-electron chi connectivity index (χ0n) is 9.60. The molecule has 0 radical (unpaired) electrons. The van der Waals surface area contributed by atoms with E-state index >= 15 is 0 Å². The van der Waals surface area contributed by atoms with Crippen molar-refractivity contribution >= 4 is 31.3 Å². The van der Waals surface area contributed by atoms with Gasteiger partial charge in [-0.25, -0.2) is 8.42 Å². The normalized spacial score (nSPS) is 17.9. The molecule has 2 rings (SSSR count). The zero-order chi connectivity index (χ0) is 13.2. The van der Waals surface area contributed by atoms with Gasteiger partial charge in [-0.3, -0.25) is 4.90 Å². The van der Waals surface area contributed by atoms with Crippen LogP contribution in [0, 0.1) is 0 Å². The highest BCUT2D eigenvalue weighted by Gasteiger charge is 2.15. The van der Waals surface area contributed by atoms with Gasteiger partial charge in [0, 0.05) is 35.3 Å². The third-order valence-corrected chi connectivity index (χ3v) is 4.27. The molecule has 1 saturated heterocycles. The van der Waals surface area contributed by atoms with Gasteiger partial charge in [-0.15, -0.1) is 0 Å². The minimum atomic E-state index is -3.74. The van der Waals surface area contributed by atoms with Crippen LogP contribution in [0.3, 0.4) is 0 Å². The average molecular weight is 310 g/mol. The maximum atomic E-state index is 11.3. The number of nitrogens with zero attached hydrogens (tertiary/aromatic N) is 1. The molecule has 0 unspecified atom stereocenters. The average Bonchev–Trinajstić information content (AvgIpc) is 2.28. The summed E-state index contributed by atoms with van der Waals surface area (Å²) in [5.74, 6) is 0. The third kappa shape index (κ3) is 3.83. The monoisotopic (exact) mass is 309 g/mol. The van der Waals surface area contributed by atoms with Crippen molar-refractivity contribution in [1.82, 2.24) is 4.90 Å². The Balaban J connectivity index is 2.20. The predicted octanol–water partition coefficient (Wildman–Crippen LogP) is 2.10. The Bertz CT molecular complexity index is 527. The van der Waals surface area contributed by atoms with E-state index in [-0.39, 0.29) is 4.90 Å². The van der Waals surface area contributed by atoms with Crippen molar-refractivity contribution in [3.63, 3.8) is 0 Å². The van der Waals surface area contributed by atoms with Gasteiger partial charge in [0.2, 0.25) is 0 Å². The Morgan fingerprint density at radius 1 is 1.22 bits per heavy atom. The Morgan fingerprint density at radius 3 is 2.50 bits per heavy atom. The first-order valence-corrected chi connectivity index (χ1v) is 8.18. The first-order chi connectivity index (χ1) is 8.45. The Morgan fingerprint density at radius 2 is 1.89 bits per heavy atom. The van der Waals surface area contributed by atoms with E-state index in [1.54, 1.807) is 12.1 Å². The molecule has 0 bridgehead atoms. The molecule has 0 aromatic heterocycles. The summed E-state index contributed by atoms with van der Waals surface area (Å²) in [4.78, 5) is 2.22. The highest BCUT2D eigenvalue weighted by molar-refractivity contribution is 8.13. The summed E-state index contributed by atoms with van der Waals surface area (Å²) in [5.41, 5.74) is 0.837. The third-order valence-electron chi connectivity index (χ3n) is 2.72. The zero-order valence-corrected chi connectivity index (χ0v) is 11.9. The van der Waals surface area contributed by atoms with Gasteiger partial charge < -0.3 is 4.74 Å². The van der Waals surface area contributed by atoms with E-state index in [9.17, 15) is 8.42 Å². The molecule has 0 spiro atoms. The van der Waals surface area contributed by atoms with Gasteiger partial charge in [-0.05, 0) is 23.8 Å². The molecular weight excluding hydrogens is 297 g/mol. The van der Waals surface area contributed by atoms with Gasteiger partial charge in [0.15, 0.2) is 0 Å². The Labute approximate surface area is 116 Å². The summed E-state index contributed by atoms with van der Waals surface area (Å²) in [6, 6.07) is 4.67. The van der Waals surface area contributed by atoms with Crippen molar-refractivity contribution in [2.75, 3.05) is 26.3 Å². The molecule has 1 aromatic rings. The number of ether oxygens (including phenoxy) is 1. The number of hydrogen-bond donors (Lipinski definition) is 0. The molecule has 4 nitrogen and oxygen atoms in total. The van der Waals surface area contributed by atoms with Gasteiger partial charge in [0.1, 0.15) is 0 Å². The molecule has 0 amide bonds. The largest absolute Gasteiger partial charge is 0.379 e. The summed E-state index contributed by atoms with van der Waals surface area (Å²) in [7, 11) is 1.58. The topological polar surface area (TPSA) is 46.6 Å². The van der Waals surface area contributed by atoms with E-state index in [4.69, 9.17) is 27.0 Å². The van der Waals surface area contributed by atoms with Crippen LogP contribution in [0.4, 0.5) is 0 Å². The molecule has 0 saturated carbocycles. The first kappa shape index (κ1) is 14.1. The van der Waals surface area contributed by atoms with Gasteiger partial charge in [0.05, 0.1) is 18.1 Å². The Hall–Kier alpha value is -0.330. The molecule has 1 aliphatic heterocycles. The summed E-state index contributed by atoms with van der Waals surface area (Å²) < 4.78 is 27.9. The smallest absolute Gasteiger partial charge is 0.261 e. The second-order valence-corrected chi connectivity index (χ2v) is 7.12. The summed E-state index contributed by atoms with van der Waals surface area (Å²) in [5, 5.41) is 0.375. The maximum absolute atomic E-state index is 11.3. The SMILES string of the molecule is O=S(=O)(Cl)c1cc(Cl)cc(CN2CCOCC2)c1. The highest BCUT2D eigenvalue weighted by Crippen LogP contribution is 2.23. The molecule has 1 fully saturated rings. The van der Waals surface area contributed by atoms with Crippen molar-refractivity contribution in [3.8, 4) is 0 Å². The molecule has 1 heterocycles. The fourth-order valence-electron chi connectivity index (χ4n) is 1.87. The van der Waals surface area contributed by atoms with Crippen LogP contribution in [0.2, 0.25) is 5.02 Å². The summed E-state index contributed by atoms with van der Waals surface area (Å²) in [6.45, 7) is 3.69. The molecular formula is C11H13Cl2NO3S. The lowest BCUT2D eigenvalue weighted by Crippen LogP contribution is -2.35. The second kappa shape index (κ2) is 5.75.